The number of rotatable bonds is 3. The van der Waals surface area contributed by atoms with Crippen LogP contribution in [0, 0.1) is 6.92 Å². The fourth-order valence-corrected chi connectivity index (χ4v) is 1.92. The Morgan fingerprint density at radius 1 is 1.30 bits per heavy atom. The Hall–Kier alpha value is -2.89. The van der Waals surface area contributed by atoms with E-state index in [4.69, 9.17) is 5.11 Å². The van der Waals surface area contributed by atoms with E-state index in [-0.39, 0.29) is 11.4 Å². The van der Waals surface area contributed by atoms with E-state index in [1.807, 2.05) is 0 Å². The van der Waals surface area contributed by atoms with Crippen LogP contribution in [-0.4, -0.2) is 27.0 Å². The predicted octanol–water partition coefficient (Wildman–Crippen LogP) is 1.36. The monoisotopic (exact) mass is 273 g/mol. The second kappa shape index (κ2) is 5.00. The Labute approximate surface area is 113 Å². The van der Waals surface area contributed by atoms with Gasteiger partial charge in [0.2, 0.25) is 0 Å². The Kier molecular flexibility index (Phi) is 3.39. The summed E-state index contributed by atoms with van der Waals surface area (Å²) in [6.45, 7) is 1.70. The summed E-state index contributed by atoms with van der Waals surface area (Å²) in [5, 5.41) is 18.3. The summed E-state index contributed by atoms with van der Waals surface area (Å²) in [4.78, 5) is 33.6. The lowest BCUT2D eigenvalue weighted by Gasteiger charge is -2.13. The number of nitrogens with zero attached hydrogens (tertiary/aromatic N) is 1. The summed E-state index contributed by atoms with van der Waals surface area (Å²) < 4.78 is 1.31. The van der Waals surface area contributed by atoms with Crippen molar-refractivity contribution < 1.29 is 19.8 Å². The van der Waals surface area contributed by atoms with Crippen molar-refractivity contribution in [3.63, 3.8) is 0 Å². The number of phenols is 1. The van der Waals surface area contributed by atoms with E-state index in [2.05, 4.69) is 0 Å². The highest BCUT2D eigenvalue weighted by atomic mass is 16.4. The van der Waals surface area contributed by atoms with Crippen molar-refractivity contribution in [2.24, 2.45) is 0 Å². The van der Waals surface area contributed by atoms with Crippen molar-refractivity contribution in [3.05, 3.63) is 57.5 Å². The second-order valence-electron chi connectivity index (χ2n) is 4.24. The second-order valence-corrected chi connectivity index (χ2v) is 4.24. The fourth-order valence-electron chi connectivity index (χ4n) is 1.92. The minimum atomic E-state index is -1.36. The molecule has 0 radical (unpaired) electrons. The van der Waals surface area contributed by atoms with E-state index in [0.29, 0.717) is 17.5 Å². The van der Waals surface area contributed by atoms with Gasteiger partial charge < -0.3 is 14.8 Å². The van der Waals surface area contributed by atoms with Gasteiger partial charge in [-0.2, -0.15) is 0 Å². The molecule has 0 amide bonds. The topological polar surface area (TPSA) is 96.6 Å². The number of carboxylic acids is 1. The molecule has 2 rings (SSSR count). The predicted molar refractivity (Wildman–Crippen MR) is 70.8 cm³/mol. The van der Waals surface area contributed by atoms with E-state index in [9.17, 15) is 19.5 Å². The fraction of sp³-hybridized carbons (Fsp3) is 0.0714. The number of aromatic nitrogens is 1. The Balaban J connectivity index is 2.78. The van der Waals surface area contributed by atoms with E-state index in [1.54, 1.807) is 6.92 Å². The summed E-state index contributed by atoms with van der Waals surface area (Å²) in [5.41, 5.74) is 0.0182. The molecule has 0 spiro atoms. The molecule has 0 unspecified atom stereocenters. The lowest BCUT2D eigenvalue weighted by molar-refractivity contribution is 0.0694. The minimum absolute atomic E-state index is 0.0359. The molecule has 102 valence electrons. The number of pyridine rings is 1. The quantitative estimate of drug-likeness (QED) is 0.823. The summed E-state index contributed by atoms with van der Waals surface area (Å²) in [5.74, 6) is -1.31. The standard InChI is InChI=1S/C14H11NO5/c1-8-4-10(17)2-3-12(8)15-6-11(14(19)20)13(18)5-9(15)7-16/h2-7,17H,1H3,(H,19,20). The number of carbonyl (C=O) groups excluding carboxylic acids is 1. The highest BCUT2D eigenvalue weighted by Gasteiger charge is 2.14. The van der Waals surface area contributed by atoms with Gasteiger partial charge in [-0.1, -0.05) is 0 Å². The van der Waals surface area contributed by atoms with Gasteiger partial charge in [0, 0.05) is 18.0 Å². The molecule has 0 aliphatic carbocycles. The third kappa shape index (κ3) is 2.31. The number of hydrogen-bond donors (Lipinski definition) is 2. The minimum Gasteiger partial charge on any atom is -0.508 e. The zero-order valence-electron chi connectivity index (χ0n) is 10.5. The van der Waals surface area contributed by atoms with Crippen molar-refractivity contribution in [3.8, 4) is 11.4 Å². The van der Waals surface area contributed by atoms with Crippen molar-refractivity contribution in [1.82, 2.24) is 4.57 Å². The molecule has 0 fully saturated rings. The maximum absolute atomic E-state index is 11.6. The van der Waals surface area contributed by atoms with Crippen LogP contribution in [0.1, 0.15) is 26.4 Å². The molecule has 0 aliphatic heterocycles. The molecule has 0 aliphatic rings. The molecule has 2 aromatic rings. The lowest BCUT2D eigenvalue weighted by Crippen LogP contribution is -2.19. The van der Waals surface area contributed by atoms with E-state index < -0.39 is 17.0 Å². The summed E-state index contributed by atoms with van der Waals surface area (Å²) in [7, 11) is 0. The van der Waals surface area contributed by atoms with Crippen LogP contribution in [0.3, 0.4) is 0 Å². The van der Waals surface area contributed by atoms with E-state index in [0.717, 1.165) is 12.3 Å². The lowest BCUT2D eigenvalue weighted by atomic mass is 10.1. The molecule has 6 nitrogen and oxygen atoms in total. The molecule has 2 N–H and O–H groups in total. The highest BCUT2D eigenvalue weighted by molar-refractivity contribution is 5.88. The van der Waals surface area contributed by atoms with Crippen LogP contribution < -0.4 is 5.43 Å². The summed E-state index contributed by atoms with van der Waals surface area (Å²) >= 11 is 0. The molecular formula is C14H11NO5. The average Bonchev–Trinajstić information content (AvgIpc) is 2.38. The van der Waals surface area contributed by atoms with Crippen LogP contribution in [0.25, 0.3) is 5.69 Å². The van der Waals surface area contributed by atoms with Crippen molar-refractivity contribution >= 4 is 12.3 Å². The van der Waals surface area contributed by atoms with Crippen LogP contribution >= 0.6 is 0 Å². The third-order valence-electron chi connectivity index (χ3n) is 2.87. The summed E-state index contributed by atoms with van der Waals surface area (Å²) in [6, 6.07) is 5.40. The normalized spacial score (nSPS) is 10.2. The van der Waals surface area contributed by atoms with Crippen LogP contribution in [-0.2, 0) is 0 Å². The number of aromatic hydroxyl groups is 1. The van der Waals surface area contributed by atoms with Gasteiger partial charge in [0.05, 0.1) is 5.69 Å². The van der Waals surface area contributed by atoms with Crippen molar-refractivity contribution in [1.29, 1.82) is 0 Å². The molecule has 0 atom stereocenters. The zero-order chi connectivity index (χ0) is 14.9. The Morgan fingerprint density at radius 2 is 2.00 bits per heavy atom. The Morgan fingerprint density at radius 3 is 2.55 bits per heavy atom. The van der Waals surface area contributed by atoms with Gasteiger partial charge in [0.1, 0.15) is 11.3 Å². The van der Waals surface area contributed by atoms with Crippen LogP contribution in [0.5, 0.6) is 5.75 Å². The SMILES string of the molecule is Cc1cc(O)ccc1-n1cc(C(=O)O)c(=O)cc1C=O. The van der Waals surface area contributed by atoms with Gasteiger partial charge in [-0.3, -0.25) is 9.59 Å². The largest absolute Gasteiger partial charge is 0.508 e. The zero-order valence-corrected chi connectivity index (χ0v) is 10.5. The average molecular weight is 273 g/mol. The highest BCUT2D eigenvalue weighted by Crippen LogP contribution is 2.20. The molecule has 1 aromatic heterocycles. The van der Waals surface area contributed by atoms with Gasteiger partial charge in [0.25, 0.3) is 0 Å². The first-order chi connectivity index (χ1) is 9.43. The number of carbonyl (C=O) groups is 2. The van der Waals surface area contributed by atoms with Gasteiger partial charge in [-0.05, 0) is 30.7 Å². The molecule has 6 heteroatoms. The molecule has 20 heavy (non-hydrogen) atoms. The molecule has 0 saturated heterocycles. The molecular weight excluding hydrogens is 262 g/mol. The number of hydrogen-bond acceptors (Lipinski definition) is 4. The Bertz CT molecular complexity index is 761. The first-order valence-electron chi connectivity index (χ1n) is 5.69. The smallest absolute Gasteiger partial charge is 0.341 e. The number of aldehydes is 1. The number of aromatic carboxylic acids is 1. The van der Waals surface area contributed by atoms with Gasteiger partial charge >= 0.3 is 5.97 Å². The summed E-state index contributed by atoms with van der Waals surface area (Å²) in [6.07, 6.45) is 1.58. The first kappa shape index (κ1) is 13.5. The molecule has 1 aromatic carbocycles. The van der Waals surface area contributed by atoms with E-state index >= 15 is 0 Å². The van der Waals surface area contributed by atoms with Crippen molar-refractivity contribution in [2.75, 3.05) is 0 Å². The third-order valence-corrected chi connectivity index (χ3v) is 2.87. The molecule has 0 bridgehead atoms. The van der Waals surface area contributed by atoms with Gasteiger partial charge in [-0.15, -0.1) is 0 Å². The number of carboxylic acid groups (broad SMARTS) is 1. The van der Waals surface area contributed by atoms with Crippen LogP contribution in [0.15, 0.2) is 35.3 Å². The first-order valence-corrected chi connectivity index (χ1v) is 5.69. The van der Waals surface area contributed by atoms with E-state index in [1.165, 1.54) is 22.8 Å². The maximum Gasteiger partial charge on any atom is 0.341 e. The molecule has 0 saturated carbocycles. The van der Waals surface area contributed by atoms with Crippen molar-refractivity contribution in [2.45, 2.75) is 6.92 Å². The molecule has 1 heterocycles. The number of aryl methyl sites for hydroxylation is 1. The van der Waals surface area contributed by atoms with Gasteiger partial charge in [0.15, 0.2) is 11.7 Å². The van der Waals surface area contributed by atoms with Gasteiger partial charge in [-0.25, -0.2) is 4.79 Å². The number of phenolic OH excluding ortho intramolecular Hbond substituents is 1. The number of benzene rings is 1. The maximum atomic E-state index is 11.6. The van der Waals surface area contributed by atoms with Crippen LogP contribution in [0.4, 0.5) is 0 Å². The van der Waals surface area contributed by atoms with Crippen LogP contribution in [0.2, 0.25) is 0 Å².